The molecule has 4 nitrogen and oxygen atoms in total. The Balaban J connectivity index is 2.48. The van der Waals surface area contributed by atoms with Gasteiger partial charge in [0.2, 0.25) is 5.28 Å². The highest BCUT2D eigenvalue weighted by molar-refractivity contribution is 6.28. The molecule has 0 saturated carbocycles. The number of hydrogen-bond donors (Lipinski definition) is 1. The van der Waals surface area contributed by atoms with Gasteiger partial charge in [0, 0.05) is 24.8 Å². The molecular weight excluding hydrogens is 236 g/mol. The lowest BCUT2D eigenvalue weighted by atomic mass is 10.3. The van der Waals surface area contributed by atoms with Gasteiger partial charge in [-0.05, 0) is 31.1 Å². The number of nitrogens with zero attached hydrogens (tertiary/aromatic N) is 3. The van der Waals surface area contributed by atoms with E-state index in [0.717, 1.165) is 44.1 Å². The van der Waals surface area contributed by atoms with Crippen LogP contribution in [0.15, 0.2) is 6.07 Å². The lowest BCUT2D eigenvalue weighted by Gasteiger charge is -2.18. The summed E-state index contributed by atoms with van der Waals surface area (Å²) in [4.78, 5) is 10.6. The van der Waals surface area contributed by atoms with E-state index >= 15 is 0 Å². The molecule has 0 saturated heterocycles. The predicted octanol–water partition coefficient (Wildman–Crippen LogP) is 2.45. The van der Waals surface area contributed by atoms with Crippen LogP contribution in [0.3, 0.4) is 0 Å². The molecule has 17 heavy (non-hydrogen) atoms. The Hall–Kier alpha value is -0.870. The molecule has 0 fully saturated rings. The van der Waals surface area contributed by atoms with Crippen LogP contribution in [0, 0.1) is 0 Å². The molecule has 0 radical (unpaired) electrons. The molecule has 1 rings (SSSR count). The first-order valence-electron chi connectivity index (χ1n) is 6.19. The first kappa shape index (κ1) is 14.2. The molecule has 0 aliphatic carbocycles. The van der Waals surface area contributed by atoms with Gasteiger partial charge in [0.1, 0.15) is 5.82 Å². The van der Waals surface area contributed by atoms with E-state index in [0.29, 0.717) is 5.28 Å². The van der Waals surface area contributed by atoms with E-state index < -0.39 is 0 Å². The fourth-order valence-electron chi connectivity index (χ4n) is 1.62. The third kappa shape index (κ3) is 4.88. The molecule has 96 valence electrons. The second-order valence-corrected chi connectivity index (χ2v) is 4.16. The quantitative estimate of drug-likeness (QED) is 0.761. The van der Waals surface area contributed by atoms with Crippen molar-refractivity contribution in [3.8, 4) is 0 Å². The highest BCUT2D eigenvalue weighted by Gasteiger charge is 2.02. The second kappa shape index (κ2) is 7.45. The molecule has 0 aliphatic rings. The summed E-state index contributed by atoms with van der Waals surface area (Å²) < 4.78 is 0. The monoisotopic (exact) mass is 256 g/mol. The summed E-state index contributed by atoms with van der Waals surface area (Å²) in [5.41, 5.74) is 0.968. The number of halogens is 1. The summed E-state index contributed by atoms with van der Waals surface area (Å²) in [6, 6.07) is 1.95. The van der Waals surface area contributed by atoms with Crippen molar-refractivity contribution >= 4 is 17.4 Å². The lowest BCUT2D eigenvalue weighted by Crippen LogP contribution is -2.28. The fourth-order valence-corrected chi connectivity index (χ4v) is 1.82. The SMILES string of the molecule is CCc1cc(NCCN(CC)CC)nc(Cl)n1. The number of aromatic nitrogens is 2. The Labute approximate surface area is 108 Å². The van der Waals surface area contributed by atoms with Gasteiger partial charge in [0.05, 0.1) is 0 Å². The summed E-state index contributed by atoms with van der Waals surface area (Å²) >= 11 is 5.85. The van der Waals surface area contributed by atoms with E-state index in [1.807, 2.05) is 6.07 Å². The van der Waals surface area contributed by atoms with Crippen molar-refractivity contribution in [2.45, 2.75) is 27.2 Å². The molecule has 0 aliphatic heterocycles. The zero-order valence-corrected chi connectivity index (χ0v) is 11.6. The number of hydrogen-bond acceptors (Lipinski definition) is 4. The van der Waals surface area contributed by atoms with E-state index in [1.54, 1.807) is 0 Å². The standard InChI is InChI=1S/C12H21ClN4/c1-4-10-9-11(16-12(13)15-10)14-7-8-17(5-2)6-3/h9H,4-8H2,1-3H3,(H,14,15,16). The molecule has 0 bridgehead atoms. The van der Waals surface area contributed by atoms with Gasteiger partial charge >= 0.3 is 0 Å². The molecule has 1 aromatic heterocycles. The largest absolute Gasteiger partial charge is 0.369 e. The molecule has 1 aromatic rings. The van der Waals surface area contributed by atoms with Crippen LogP contribution in [-0.4, -0.2) is 41.0 Å². The van der Waals surface area contributed by atoms with Crippen molar-refractivity contribution in [3.63, 3.8) is 0 Å². The number of nitrogens with one attached hydrogen (secondary N) is 1. The highest BCUT2D eigenvalue weighted by Crippen LogP contribution is 2.10. The minimum Gasteiger partial charge on any atom is -0.369 e. The second-order valence-electron chi connectivity index (χ2n) is 3.82. The first-order valence-corrected chi connectivity index (χ1v) is 6.57. The van der Waals surface area contributed by atoms with Crippen molar-refractivity contribution in [1.82, 2.24) is 14.9 Å². The van der Waals surface area contributed by atoms with Crippen molar-refractivity contribution in [2.75, 3.05) is 31.5 Å². The van der Waals surface area contributed by atoms with Crippen LogP contribution in [0.5, 0.6) is 0 Å². The Morgan fingerprint density at radius 3 is 2.53 bits per heavy atom. The Kier molecular flexibility index (Phi) is 6.22. The van der Waals surface area contributed by atoms with E-state index in [2.05, 4.69) is 41.0 Å². The van der Waals surface area contributed by atoms with Crippen molar-refractivity contribution in [2.24, 2.45) is 0 Å². The summed E-state index contributed by atoms with van der Waals surface area (Å²) in [7, 11) is 0. The Morgan fingerprint density at radius 1 is 1.24 bits per heavy atom. The van der Waals surface area contributed by atoms with Crippen LogP contribution in [0.25, 0.3) is 0 Å². The maximum atomic E-state index is 5.85. The minimum absolute atomic E-state index is 0.315. The third-order valence-electron chi connectivity index (χ3n) is 2.74. The molecule has 0 atom stereocenters. The number of likely N-dealkylation sites (N-methyl/N-ethyl adjacent to an activating group) is 1. The van der Waals surface area contributed by atoms with Gasteiger partial charge < -0.3 is 10.2 Å². The van der Waals surface area contributed by atoms with Crippen molar-refractivity contribution in [3.05, 3.63) is 17.0 Å². The summed E-state index contributed by atoms with van der Waals surface area (Å²) in [6.45, 7) is 10.4. The van der Waals surface area contributed by atoms with Crippen LogP contribution < -0.4 is 5.32 Å². The van der Waals surface area contributed by atoms with Gasteiger partial charge in [0.25, 0.3) is 0 Å². The summed E-state index contributed by atoms with van der Waals surface area (Å²) in [5, 5.41) is 3.60. The maximum Gasteiger partial charge on any atom is 0.224 e. The molecule has 0 amide bonds. The molecule has 5 heteroatoms. The van der Waals surface area contributed by atoms with Gasteiger partial charge in [-0.3, -0.25) is 0 Å². The van der Waals surface area contributed by atoms with E-state index in [4.69, 9.17) is 11.6 Å². The van der Waals surface area contributed by atoms with Gasteiger partial charge in [-0.25, -0.2) is 9.97 Å². The van der Waals surface area contributed by atoms with Crippen molar-refractivity contribution in [1.29, 1.82) is 0 Å². The van der Waals surface area contributed by atoms with E-state index in [-0.39, 0.29) is 0 Å². The molecule has 1 N–H and O–H groups in total. The van der Waals surface area contributed by atoms with Crippen molar-refractivity contribution < 1.29 is 0 Å². The van der Waals surface area contributed by atoms with Gasteiger partial charge in [-0.15, -0.1) is 0 Å². The predicted molar refractivity (Wildman–Crippen MR) is 72.7 cm³/mol. The summed E-state index contributed by atoms with van der Waals surface area (Å²) in [5.74, 6) is 0.814. The topological polar surface area (TPSA) is 41.0 Å². The number of anilines is 1. The van der Waals surface area contributed by atoms with Gasteiger partial charge in [0.15, 0.2) is 0 Å². The lowest BCUT2D eigenvalue weighted by molar-refractivity contribution is 0.316. The van der Waals surface area contributed by atoms with Crippen LogP contribution >= 0.6 is 11.6 Å². The Bertz CT molecular complexity index is 339. The third-order valence-corrected chi connectivity index (χ3v) is 2.91. The fraction of sp³-hybridized carbons (Fsp3) is 0.667. The zero-order chi connectivity index (χ0) is 12.7. The van der Waals surface area contributed by atoms with E-state index in [1.165, 1.54) is 0 Å². The molecule has 0 spiro atoms. The van der Waals surface area contributed by atoms with Crippen LogP contribution in [0.4, 0.5) is 5.82 Å². The maximum absolute atomic E-state index is 5.85. The molecule has 0 aromatic carbocycles. The number of aryl methyl sites for hydroxylation is 1. The Morgan fingerprint density at radius 2 is 1.94 bits per heavy atom. The van der Waals surface area contributed by atoms with Gasteiger partial charge in [-0.1, -0.05) is 20.8 Å². The molecular formula is C12H21ClN4. The molecule has 1 heterocycles. The first-order chi connectivity index (χ1) is 8.19. The molecule has 0 unspecified atom stereocenters. The van der Waals surface area contributed by atoms with E-state index in [9.17, 15) is 0 Å². The summed E-state index contributed by atoms with van der Waals surface area (Å²) in [6.07, 6.45) is 0.868. The highest BCUT2D eigenvalue weighted by atomic mass is 35.5. The van der Waals surface area contributed by atoms with Crippen LogP contribution in [0.2, 0.25) is 5.28 Å². The zero-order valence-electron chi connectivity index (χ0n) is 10.8. The van der Waals surface area contributed by atoms with Gasteiger partial charge in [-0.2, -0.15) is 0 Å². The number of rotatable bonds is 7. The smallest absolute Gasteiger partial charge is 0.224 e. The minimum atomic E-state index is 0.315. The average molecular weight is 257 g/mol. The van der Waals surface area contributed by atoms with Crippen LogP contribution in [0.1, 0.15) is 26.5 Å². The normalized spacial score (nSPS) is 10.9. The van der Waals surface area contributed by atoms with Crippen LogP contribution in [-0.2, 0) is 6.42 Å². The average Bonchev–Trinajstić information content (AvgIpc) is 2.34.